The number of hydrogen-bond donors (Lipinski definition) is 1. The highest BCUT2D eigenvalue weighted by atomic mass is 35.5. The zero-order valence-electron chi connectivity index (χ0n) is 11.0. The third-order valence-electron chi connectivity index (χ3n) is 4.61. The molecule has 2 rings (SSSR count). The number of carbonyl (C=O) groups excluding carboxylic acids is 1. The molecule has 1 amide bonds. The van der Waals surface area contributed by atoms with E-state index in [-0.39, 0.29) is 18.4 Å². The summed E-state index contributed by atoms with van der Waals surface area (Å²) in [6.07, 6.45) is 5.77. The number of hydrogen-bond acceptors (Lipinski definition) is 2. The zero-order chi connectivity index (χ0) is 11.6. The second-order valence-electron chi connectivity index (χ2n) is 5.37. The maximum Gasteiger partial charge on any atom is 0.239 e. The molecule has 0 spiro atoms. The van der Waals surface area contributed by atoms with Gasteiger partial charge in [-0.2, -0.15) is 0 Å². The summed E-state index contributed by atoms with van der Waals surface area (Å²) in [5.41, 5.74) is 0.411. The molecule has 0 bridgehead atoms. The first-order chi connectivity index (χ1) is 7.71. The smallest absolute Gasteiger partial charge is 0.239 e. The van der Waals surface area contributed by atoms with Crippen molar-refractivity contribution in [3.05, 3.63) is 0 Å². The molecule has 1 atom stereocenters. The van der Waals surface area contributed by atoms with Crippen LogP contribution >= 0.6 is 12.4 Å². The van der Waals surface area contributed by atoms with E-state index in [9.17, 15) is 4.79 Å². The van der Waals surface area contributed by atoms with E-state index in [0.717, 1.165) is 32.5 Å². The molecule has 0 aliphatic carbocycles. The molecular formula is C13H25ClN2O. The van der Waals surface area contributed by atoms with Gasteiger partial charge >= 0.3 is 0 Å². The summed E-state index contributed by atoms with van der Waals surface area (Å²) < 4.78 is 0. The SMILES string of the molecule is CCC1(CC)CCN(C(=O)[C@@H]2CCCN2)C1.Cl. The molecule has 2 heterocycles. The number of carbonyl (C=O) groups is 1. The topological polar surface area (TPSA) is 32.3 Å². The Balaban J connectivity index is 0.00000144. The lowest BCUT2D eigenvalue weighted by atomic mass is 9.82. The fourth-order valence-corrected chi connectivity index (χ4v) is 3.07. The predicted octanol–water partition coefficient (Wildman–Crippen LogP) is 2.20. The van der Waals surface area contributed by atoms with Gasteiger partial charge in [0.25, 0.3) is 0 Å². The highest BCUT2D eigenvalue weighted by molar-refractivity contribution is 5.85. The minimum absolute atomic E-state index is 0. The van der Waals surface area contributed by atoms with Crippen molar-refractivity contribution in [2.45, 2.75) is 52.0 Å². The molecule has 1 N–H and O–H groups in total. The fraction of sp³-hybridized carbons (Fsp3) is 0.923. The van der Waals surface area contributed by atoms with Crippen molar-refractivity contribution >= 4 is 18.3 Å². The Bertz CT molecular complexity index is 260. The first kappa shape index (κ1) is 14.8. The van der Waals surface area contributed by atoms with Crippen molar-refractivity contribution in [1.29, 1.82) is 0 Å². The first-order valence-corrected chi connectivity index (χ1v) is 6.73. The molecule has 17 heavy (non-hydrogen) atoms. The van der Waals surface area contributed by atoms with Gasteiger partial charge in [0.1, 0.15) is 0 Å². The van der Waals surface area contributed by atoms with E-state index in [1.165, 1.54) is 19.3 Å². The van der Waals surface area contributed by atoms with Crippen molar-refractivity contribution in [2.24, 2.45) is 5.41 Å². The van der Waals surface area contributed by atoms with Crippen LogP contribution in [-0.4, -0.2) is 36.5 Å². The summed E-state index contributed by atoms with van der Waals surface area (Å²) in [6.45, 7) is 7.48. The van der Waals surface area contributed by atoms with Crippen LogP contribution in [-0.2, 0) is 4.79 Å². The summed E-state index contributed by atoms with van der Waals surface area (Å²) in [7, 11) is 0. The Labute approximate surface area is 111 Å². The second-order valence-corrected chi connectivity index (χ2v) is 5.37. The van der Waals surface area contributed by atoms with Gasteiger partial charge in [0.05, 0.1) is 6.04 Å². The van der Waals surface area contributed by atoms with Gasteiger partial charge in [-0.1, -0.05) is 13.8 Å². The van der Waals surface area contributed by atoms with Crippen molar-refractivity contribution in [3.8, 4) is 0 Å². The number of halogens is 1. The molecule has 0 aromatic rings. The molecule has 2 saturated heterocycles. The van der Waals surface area contributed by atoms with Crippen LogP contribution in [0.5, 0.6) is 0 Å². The average Bonchev–Trinajstić information content (AvgIpc) is 2.98. The molecule has 3 nitrogen and oxygen atoms in total. The van der Waals surface area contributed by atoms with E-state index in [4.69, 9.17) is 0 Å². The van der Waals surface area contributed by atoms with Gasteiger partial charge < -0.3 is 10.2 Å². The van der Waals surface area contributed by atoms with Crippen LogP contribution in [0.25, 0.3) is 0 Å². The van der Waals surface area contributed by atoms with Crippen molar-refractivity contribution in [1.82, 2.24) is 10.2 Å². The number of likely N-dealkylation sites (tertiary alicyclic amines) is 1. The van der Waals surface area contributed by atoms with Crippen LogP contribution in [0.4, 0.5) is 0 Å². The van der Waals surface area contributed by atoms with Gasteiger partial charge in [0.15, 0.2) is 0 Å². The molecule has 0 aromatic carbocycles. The highest BCUT2D eigenvalue weighted by Crippen LogP contribution is 2.37. The van der Waals surface area contributed by atoms with Crippen LogP contribution in [0.15, 0.2) is 0 Å². The predicted molar refractivity (Wildman–Crippen MR) is 72.5 cm³/mol. The van der Waals surface area contributed by atoms with E-state index in [2.05, 4.69) is 24.1 Å². The lowest BCUT2D eigenvalue weighted by molar-refractivity contribution is -0.132. The number of rotatable bonds is 3. The third kappa shape index (κ3) is 2.94. The normalized spacial score (nSPS) is 26.9. The number of amides is 1. The fourth-order valence-electron chi connectivity index (χ4n) is 3.07. The molecule has 2 aliphatic heterocycles. The summed E-state index contributed by atoms with van der Waals surface area (Å²) in [4.78, 5) is 14.3. The molecule has 0 unspecified atom stereocenters. The Morgan fingerprint density at radius 2 is 2.12 bits per heavy atom. The minimum Gasteiger partial charge on any atom is -0.341 e. The van der Waals surface area contributed by atoms with Crippen LogP contribution < -0.4 is 5.32 Å². The standard InChI is InChI=1S/C13H24N2O.ClH/c1-3-13(4-2)7-9-15(10-13)12(16)11-6-5-8-14-11;/h11,14H,3-10H2,1-2H3;1H/t11-;/m0./s1. The largest absolute Gasteiger partial charge is 0.341 e. The maximum atomic E-state index is 12.2. The molecule has 2 aliphatic rings. The number of nitrogens with zero attached hydrogens (tertiary/aromatic N) is 1. The van der Waals surface area contributed by atoms with Crippen molar-refractivity contribution in [3.63, 3.8) is 0 Å². The van der Waals surface area contributed by atoms with Crippen LogP contribution in [0.3, 0.4) is 0 Å². The molecule has 100 valence electrons. The lowest BCUT2D eigenvalue weighted by Crippen LogP contribution is -2.43. The Hall–Kier alpha value is -0.280. The molecule has 0 aromatic heterocycles. The summed E-state index contributed by atoms with van der Waals surface area (Å²) >= 11 is 0. The summed E-state index contributed by atoms with van der Waals surface area (Å²) in [5.74, 6) is 0.348. The molecule has 4 heteroatoms. The van der Waals surface area contributed by atoms with Gasteiger partial charge in [-0.05, 0) is 44.1 Å². The van der Waals surface area contributed by atoms with E-state index >= 15 is 0 Å². The molecule has 0 radical (unpaired) electrons. The summed E-state index contributed by atoms with van der Waals surface area (Å²) in [5, 5.41) is 3.31. The van der Waals surface area contributed by atoms with E-state index in [1.54, 1.807) is 0 Å². The van der Waals surface area contributed by atoms with Gasteiger partial charge in [0.2, 0.25) is 5.91 Å². The highest BCUT2D eigenvalue weighted by Gasteiger charge is 2.39. The molecular weight excluding hydrogens is 236 g/mol. The van der Waals surface area contributed by atoms with Crippen molar-refractivity contribution < 1.29 is 4.79 Å². The van der Waals surface area contributed by atoms with Crippen molar-refractivity contribution in [2.75, 3.05) is 19.6 Å². The Morgan fingerprint density at radius 3 is 2.59 bits per heavy atom. The second kappa shape index (κ2) is 6.05. The molecule has 2 fully saturated rings. The summed E-state index contributed by atoms with van der Waals surface area (Å²) in [6, 6.07) is 0.115. The number of nitrogens with one attached hydrogen (secondary N) is 1. The monoisotopic (exact) mass is 260 g/mol. The van der Waals surface area contributed by atoms with E-state index in [0.29, 0.717) is 11.3 Å². The van der Waals surface area contributed by atoms with Crippen LogP contribution in [0, 0.1) is 5.41 Å². The van der Waals surface area contributed by atoms with E-state index < -0.39 is 0 Å². The quantitative estimate of drug-likeness (QED) is 0.844. The Kier molecular flexibility index (Phi) is 5.26. The molecule has 0 saturated carbocycles. The average molecular weight is 261 g/mol. The van der Waals surface area contributed by atoms with Gasteiger partial charge in [-0.3, -0.25) is 4.79 Å². The van der Waals surface area contributed by atoms with Gasteiger partial charge in [-0.15, -0.1) is 12.4 Å². The zero-order valence-corrected chi connectivity index (χ0v) is 11.8. The maximum absolute atomic E-state index is 12.2. The Morgan fingerprint density at radius 1 is 1.41 bits per heavy atom. The lowest BCUT2D eigenvalue weighted by Gasteiger charge is -2.27. The van der Waals surface area contributed by atoms with Gasteiger partial charge in [-0.25, -0.2) is 0 Å². The minimum atomic E-state index is 0. The van der Waals surface area contributed by atoms with E-state index in [1.807, 2.05) is 0 Å². The first-order valence-electron chi connectivity index (χ1n) is 6.73. The van der Waals surface area contributed by atoms with Crippen LogP contribution in [0.1, 0.15) is 46.0 Å². The van der Waals surface area contributed by atoms with Crippen LogP contribution in [0.2, 0.25) is 0 Å². The third-order valence-corrected chi connectivity index (χ3v) is 4.61. The van der Waals surface area contributed by atoms with Gasteiger partial charge in [0, 0.05) is 13.1 Å².